The number of hydrogen-bond donors (Lipinski definition) is 3. The Morgan fingerprint density at radius 1 is 1.53 bits per heavy atom. The van der Waals surface area contributed by atoms with Gasteiger partial charge in [-0.25, -0.2) is 10.8 Å². The topological polar surface area (TPSA) is 66.2 Å². The normalized spacial score (nSPS) is 12.6. The number of aromatic nitrogens is 1. The fourth-order valence-electron chi connectivity index (χ4n) is 1.07. The van der Waals surface area contributed by atoms with Gasteiger partial charge in [0.1, 0.15) is 5.82 Å². The Balaban J connectivity index is 2.50. The first kappa shape index (κ1) is 11.7. The van der Waals surface area contributed by atoms with Crippen LogP contribution in [0.25, 0.3) is 0 Å². The van der Waals surface area contributed by atoms with Crippen molar-refractivity contribution < 1.29 is 0 Å². The van der Waals surface area contributed by atoms with Gasteiger partial charge < -0.3 is 15.6 Å². The van der Waals surface area contributed by atoms with Crippen LogP contribution in [0.5, 0.6) is 0 Å². The van der Waals surface area contributed by atoms with Gasteiger partial charge >= 0.3 is 0 Å². The van der Waals surface area contributed by atoms with Crippen LogP contribution in [0.3, 0.4) is 0 Å². The number of nitrogens with one attached hydrogen (secondary N) is 2. The van der Waals surface area contributed by atoms with Crippen LogP contribution >= 0.6 is 0 Å². The average Bonchev–Trinajstić information content (AvgIpc) is 2.26. The third kappa shape index (κ3) is 3.73. The van der Waals surface area contributed by atoms with Crippen LogP contribution in [0.4, 0.5) is 11.5 Å². The van der Waals surface area contributed by atoms with Gasteiger partial charge in [-0.15, -0.1) is 0 Å². The second-order valence-corrected chi connectivity index (χ2v) is 3.77. The molecular weight excluding hydrogens is 190 g/mol. The summed E-state index contributed by atoms with van der Waals surface area (Å²) in [6.45, 7) is 3.05. The zero-order chi connectivity index (χ0) is 11.3. The van der Waals surface area contributed by atoms with Gasteiger partial charge in [0.15, 0.2) is 0 Å². The summed E-state index contributed by atoms with van der Waals surface area (Å²) >= 11 is 0. The predicted molar refractivity (Wildman–Crippen MR) is 63.7 cm³/mol. The van der Waals surface area contributed by atoms with Gasteiger partial charge in [0.25, 0.3) is 0 Å². The third-order valence-corrected chi connectivity index (χ3v) is 2.39. The number of nitrogens with two attached hydrogens (primary N) is 1. The van der Waals surface area contributed by atoms with E-state index in [1.807, 2.05) is 12.1 Å². The van der Waals surface area contributed by atoms with Crippen LogP contribution in [0, 0.1) is 0 Å². The van der Waals surface area contributed by atoms with E-state index in [2.05, 4.69) is 41.6 Å². The lowest BCUT2D eigenvalue weighted by Gasteiger charge is -2.20. The molecule has 0 aliphatic carbocycles. The second-order valence-electron chi connectivity index (χ2n) is 3.77. The molecule has 0 saturated heterocycles. The fourth-order valence-corrected chi connectivity index (χ4v) is 1.07. The number of nitrogens with zero attached hydrogens (tertiary/aromatic N) is 2. The number of hydrazine groups is 1. The maximum Gasteiger partial charge on any atom is 0.141 e. The minimum absolute atomic E-state index is 0.479. The summed E-state index contributed by atoms with van der Waals surface area (Å²) < 4.78 is 0. The van der Waals surface area contributed by atoms with Crippen molar-refractivity contribution in [3.05, 3.63) is 18.3 Å². The van der Waals surface area contributed by atoms with E-state index in [0.29, 0.717) is 11.9 Å². The predicted octanol–water partition coefficient (Wildman–Crippen LogP) is 0.729. The van der Waals surface area contributed by atoms with E-state index in [1.165, 1.54) is 0 Å². The van der Waals surface area contributed by atoms with Crippen LogP contribution in [-0.4, -0.2) is 36.6 Å². The molecule has 1 heterocycles. The summed E-state index contributed by atoms with van der Waals surface area (Å²) in [5.74, 6) is 5.94. The van der Waals surface area contributed by atoms with E-state index in [1.54, 1.807) is 6.20 Å². The lowest BCUT2D eigenvalue weighted by atomic mass is 10.3. The smallest absolute Gasteiger partial charge is 0.141 e. The van der Waals surface area contributed by atoms with Gasteiger partial charge in [0.2, 0.25) is 0 Å². The monoisotopic (exact) mass is 209 g/mol. The minimum atomic E-state index is 0.479. The Hall–Kier alpha value is -1.33. The molecule has 0 fully saturated rings. The first-order valence-corrected chi connectivity index (χ1v) is 4.96. The third-order valence-electron chi connectivity index (χ3n) is 2.39. The summed E-state index contributed by atoms with van der Waals surface area (Å²) in [5.41, 5.74) is 3.54. The number of rotatable bonds is 5. The van der Waals surface area contributed by atoms with Gasteiger partial charge in [-0.05, 0) is 27.1 Å². The number of pyridine rings is 1. The summed E-state index contributed by atoms with van der Waals surface area (Å²) in [6, 6.07) is 4.28. The molecule has 5 nitrogen and oxygen atoms in total. The number of anilines is 2. The van der Waals surface area contributed by atoms with Gasteiger partial charge in [0.05, 0.1) is 0 Å². The van der Waals surface area contributed by atoms with Crippen LogP contribution in [-0.2, 0) is 0 Å². The van der Waals surface area contributed by atoms with Crippen LogP contribution in [0.2, 0.25) is 0 Å². The molecule has 0 radical (unpaired) electrons. The summed E-state index contributed by atoms with van der Waals surface area (Å²) in [6.07, 6.45) is 1.72. The second kappa shape index (κ2) is 5.53. The molecule has 0 amide bonds. The molecule has 0 saturated carbocycles. The molecule has 1 aromatic heterocycles. The molecule has 1 atom stereocenters. The van der Waals surface area contributed by atoms with E-state index < -0.39 is 0 Å². The fraction of sp³-hybridized carbons (Fsp3) is 0.500. The molecule has 1 rings (SSSR count). The van der Waals surface area contributed by atoms with Gasteiger partial charge in [-0.3, -0.25) is 0 Å². The summed E-state index contributed by atoms with van der Waals surface area (Å²) in [5, 5.41) is 3.32. The molecule has 1 unspecified atom stereocenters. The van der Waals surface area contributed by atoms with E-state index in [9.17, 15) is 0 Å². The standard InChI is InChI=1S/C10H19N5/c1-8(15(2)3)7-13-9-4-5-12-10(6-9)14-11/h4-6,8H,7,11H2,1-3H3,(H2,12,13,14). The number of nitrogen functional groups attached to an aromatic ring is 1. The SMILES string of the molecule is CC(CNc1ccnc(NN)c1)N(C)C. The molecule has 15 heavy (non-hydrogen) atoms. The Bertz CT molecular complexity index is 300. The lowest BCUT2D eigenvalue weighted by molar-refractivity contribution is 0.326. The van der Waals surface area contributed by atoms with Crippen LogP contribution in [0.1, 0.15) is 6.92 Å². The Morgan fingerprint density at radius 3 is 2.87 bits per heavy atom. The van der Waals surface area contributed by atoms with E-state index in [-0.39, 0.29) is 0 Å². The van der Waals surface area contributed by atoms with Crippen LogP contribution < -0.4 is 16.6 Å². The highest BCUT2D eigenvalue weighted by Gasteiger charge is 2.03. The van der Waals surface area contributed by atoms with Gasteiger partial charge in [-0.1, -0.05) is 0 Å². The molecule has 5 heteroatoms. The van der Waals surface area contributed by atoms with Crippen molar-refractivity contribution in [3.8, 4) is 0 Å². The van der Waals surface area contributed by atoms with Crippen molar-refractivity contribution in [2.24, 2.45) is 5.84 Å². The van der Waals surface area contributed by atoms with Gasteiger partial charge in [0, 0.05) is 30.5 Å². The molecule has 0 aromatic carbocycles. The maximum atomic E-state index is 5.27. The zero-order valence-corrected chi connectivity index (χ0v) is 9.49. The molecule has 4 N–H and O–H groups in total. The summed E-state index contributed by atoms with van der Waals surface area (Å²) in [7, 11) is 4.12. The van der Waals surface area contributed by atoms with E-state index in [0.717, 1.165) is 12.2 Å². The van der Waals surface area contributed by atoms with Crippen molar-refractivity contribution in [1.29, 1.82) is 0 Å². The molecule has 0 aliphatic rings. The Morgan fingerprint density at radius 2 is 2.27 bits per heavy atom. The highest BCUT2D eigenvalue weighted by molar-refractivity contribution is 5.51. The highest BCUT2D eigenvalue weighted by Crippen LogP contribution is 2.10. The first-order valence-electron chi connectivity index (χ1n) is 4.96. The zero-order valence-electron chi connectivity index (χ0n) is 9.49. The Kier molecular flexibility index (Phi) is 4.33. The first-order chi connectivity index (χ1) is 7.13. The van der Waals surface area contributed by atoms with E-state index in [4.69, 9.17) is 5.84 Å². The van der Waals surface area contributed by atoms with Crippen molar-refractivity contribution in [2.75, 3.05) is 31.4 Å². The number of likely N-dealkylation sites (N-methyl/N-ethyl adjacent to an activating group) is 1. The van der Waals surface area contributed by atoms with Gasteiger partial charge in [-0.2, -0.15) is 0 Å². The molecule has 0 spiro atoms. The molecular formula is C10H19N5. The van der Waals surface area contributed by atoms with Crippen molar-refractivity contribution in [3.63, 3.8) is 0 Å². The Labute approximate surface area is 90.6 Å². The molecule has 0 bridgehead atoms. The minimum Gasteiger partial charge on any atom is -0.383 e. The highest BCUT2D eigenvalue weighted by atomic mass is 15.2. The van der Waals surface area contributed by atoms with Crippen LogP contribution in [0.15, 0.2) is 18.3 Å². The van der Waals surface area contributed by atoms with Crippen molar-refractivity contribution >= 4 is 11.5 Å². The number of hydrogen-bond acceptors (Lipinski definition) is 5. The quantitative estimate of drug-likeness (QED) is 0.493. The molecule has 0 aliphatic heterocycles. The molecule has 84 valence electrons. The van der Waals surface area contributed by atoms with Crippen molar-refractivity contribution in [2.45, 2.75) is 13.0 Å². The van der Waals surface area contributed by atoms with E-state index >= 15 is 0 Å². The summed E-state index contributed by atoms with van der Waals surface area (Å²) in [4.78, 5) is 6.20. The maximum absolute atomic E-state index is 5.27. The molecule has 1 aromatic rings. The average molecular weight is 209 g/mol. The largest absolute Gasteiger partial charge is 0.383 e. The lowest BCUT2D eigenvalue weighted by Crippen LogP contribution is -2.31. The van der Waals surface area contributed by atoms with Crippen molar-refractivity contribution in [1.82, 2.24) is 9.88 Å².